The average molecular weight is 456 g/mol. The summed E-state index contributed by atoms with van der Waals surface area (Å²) in [7, 11) is 0. The summed E-state index contributed by atoms with van der Waals surface area (Å²) in [5.41, 5.74) is 1.77. The summed E-state index contributed by atoms with van der Waals surface area (Å²) in [5, 5.41) is 8.74. The summed E-state index contributed by atoms with van der Waals surface area (Å²) in [6, 6.07) is 14.3. The van der Waals surface area contributed by atoms with Crippen LogP contribution >= 0.6 is 12.2 Å². The molecule has 0 heterocycles. The molecule has 0 bridgehead atoms. The van der Waals surface area contributed by atoms with Crippen molar-refractivity contribution in [2.45, 2.75) is 52.9 Å². The Balaban J connectivity index is 1.93. The predicted octanol–water partition coefficient (Wildman–Crippen LogP) is 5.76. The monoisotopic (exact) mass is 455 g/mol. The molecule has 2 aromatic carbocycles. The Morgan fingerprint density at radius 3 is 2.44 bits per heavy atom. The minimum absolute atomic E-state index is 0.0134. The Labute approximate surface area is 196 Å². The quantitative estimate of drug-likeness (QED) is 0.297. The molecule has 0 aliphatic carbocycles. The molecule has 3 N–H and O–H groups in total. The molecule has 0 fully saturated rings. The third-order valence-corrected chi connectivity index (χ3v) is 4.93. The van der Waals surface area contributed by atoms with Gasteiger partial charge in [0.15, 0.2) is 5.11 Å². The van der Waals surface area contributed by atoms with Crippen molar-refractivity contribution in [1.82, 2.24) is 5.32 Å². The minimum Gasteiger partial charge on any atom is -0.493 e. The van der Waals surface area contributed by atoms with Crippen molar-refractivity contribution < 1.29 is 14.3 Å². The lowest BCUT2D eigenvalue weighted by atomic mass is 10.1. The highest BCUT2D eigenvalue weighted by Crippen LogP contribution is 2.19. The van der Waals surface area contributed by atoms with E-state index in [0.29, 0.717) is 41.6 Å². The van der Waals surface area contributed by atoms with Crippen molar-refractivity contribution in [3.63, 3.8) is 0 Å². The number of thiocarbonyl (C=S) groups is 1. The molecule has 0 aliphatic rings. The van der Waals surface area contributed by atoms with Gasteiger partial charge in [0.25, 0.3) is 5.91 Å². The first-order chi connectivity index (χ1) is 15.4. The molecule has 0 unspecified atom stereocenters. The second-order valence-electron chi connectivity index (χ2n) is 8.02. The topological polar surface area (TPSA) is 79.5 Å². The fraction of sp³-hybridized carbons (Fsp3) is 0.400. The molecule has 32 heavy (non-hydrogen) atoms. The molecule has 6 nitrogen and oxygen atoms in total. The summed E-state index contributed by atoms with van der Waals surface area (Å²) in [6.45, 7) is 6.90. The summed E-state index contributed by atoms with van der Waals surface area (Å²) >= 11 is 5.31. The van der Waals surface area contributed by atoms with E-state index in [-0.39, 0.29) is 16.9 Å². The number of para-hydroxylation sites is 1. The third-order valence-electron chi connectivity index (χ3n) is 4.72. The maximum atomic E-state index is 12.7. The van der Waals surface area contributed by atoms with Crippen molar-refractivity contribution in [2.24, 2.45) is 5.92 Å². The van der Waals surface area contributed by atoms with Gasteiger partial charge in [-0.1, -0.05) is 51.8 Å². The number of rotatable bonds is 11. The second-order valence-corrected chi connectivity index (χ2v) is 8.43. The number of ether oxygens (including phenoxy) is 1. The maximum absolute atomic E-state index is 12.7. The molecule has 0 spiro atoms. The minimum atomic E-state index is -0.344. The number of hydrogen-bond acceptors (Lipinski definition) is 4. The molecule has 2 aromatic rings. The molecule has 0 aromatic heterocycles. The second kappa shape index (κ2) is 13.5. The lowest BCUT2D eigenvalue weighted by molar-refractivity contribution is -0.116. The largest absolute Gasteiger partial charge is 0.493 e. The van der Waals surface area contributed by atoms with E-state index in [1.54, 1.807) is 24.3 Å². The lowest BCUT2D eigenvalue weighted by Gasteiger charge is -2.14. The van der Waals surface area contributed by atoms with Crippen LogP contribution in [0.2, 0.25) is 0 Å². The van der Waals surface area contributed by atoms with E-state index in [4.69, 9.17) is 17.0 Å². The zero-order chi connectivity index (χ0) is 23.3. The predicted molar refractivity (Wildman–Crippen MR) is 134 cm³/mol. The van der Waals surface area contributed by atoms with E-state index < -0.39 is 0 Å². The third kappa shape index (κ3) is 9.06. The van der Waals surface area contributed by atoms with Gasteiger partial charge in [-0.05, 0) is 61.3 Å². The Morgan fingerprint density at radius 1 is 1.00 bits per heavy atom. The van der Waals surface area contributed by atoms with Crippen molar-refractivity contribution >= 4 is 40.5 Å². The normalized spacial score (nSPS) is 10.5. The summed E-state index contributed by atoms with van der Waals surface area (Å²) in [5.74, 6) is 0.689. The number of hydrogen-bond donors (Lipinski definition) is 3. The van der Waals surface area contributed by atoms with Gasteiger partial charge >= 0.3 is 0 Å². The van der Waals surface area contributed by atoms with Crippen LogP contribution in [0.4, 0.5) is 11.4 Å². The first-order valence-corrected chi connectivity index (χ1v) is 11.5. The van der Waals surface area contributed by atoms with Crippen LogP contribution in [0.5, 0.6) is 5.75 Å². The van der Waals surface area contributed by atoms with E-state index in [1.165, 1.54) is 0 Å². The van der Waals surface area contributed by atoms with Gasteiger partial charge in [0.05, 0.1) is 12.2 Å². The van der Waals surface area contributed by atoms with Gasteiger partial charge < -0.3 is 15.4 Å². The van der Waals surface area contributed by atoms with Gasteiger partial charge in [-0.15, -0.1) is 0 Å². The number of nitrogens with one attached hydrogen (secondary N) is 3. The fourth-order valence-electron chi connectivity index (χ4n) is 2.95. The molecule has 2 amide bonds. The molecule has 0 aliphatic heterocycles. The molecule has 0 saturated carbocycles. The van der Waals surface area contributed by atoms with Crippen LogP contribution in [0.1, 0.15) is 63.2 Å². The van der Waals surface area contributed by atoms with E-state index in [1.807, 2.05) is 24.3 Å². The van der Waals surface area contributed by atoms with Crippen molar-refractivity contribution in [2.75, 3.05) is 17.2 Å². The highest BCUT2D eigenvalue weighted by atomic mass is 32.1. The van der Waals surface area contributed by atoms with E-state index in [0.717, 1.165) is 25.7 Å². The molecular weight excluding hydrogens is 422 g/mol. The van der Waals surface area contributed by atoms with Crippen LogP contribution in [-0.2, 0) is 4.79 Å². The highest BCUT2D eigenvalue weighted by molar-refractivity contribution is 7.80. The van der Waals surface area contributed by atoms with Crippen LogP contribution in [0.15, 0.2) is 48.5 Å². The first kappa shape index (κ1) is 25.3. The van der Waals surface area contributed by atoms with E-state index >= 15 is 0 Å². The van der Waals surface area contributed by atoms with Crippen LogP contribution in [0.25, 0.3) is 0 Å². The van der Waals surface area contributed by atoms with Gasteiger partial charge in [-0.3, -0.25) is 14.9 Å². The summed E-state index contributed by atoms with van der Waals surface area (Å²) in [4.78, 5) is 24.8. The molecule has 0 saturated heterocycles. The summed E-state index contributed by atoms with van der Waals surface area (Å²) in [6.07, 6.45) is 4.39. The van der Waals surface area contributed by atoms with E-state index in [9.17, 15) is 9.59 Å². The summed E-state index contributed by atoms with van der Waals surface area (Å²) < 4.78 is 5.79. The average Bonchev–Trinajstić information content (AvgIpc) is 2.74. The van der Waals surface area contributed by atoms with Gasteiger partial charge in [0.2, 0.25) is 5.91 Å². The number of benzene rings is 2. The van der Waals surface area contributed by atoms with Crippen LogP contribution < -0.4 is 20.7 Å². The van der Waals surface area contributed by atoms with Gasteiger partial charge in [0.1, 0.15) is 5.75 Å². The van der Waals surface area contributed by atoms with E-state index in [2.05, 4.69) is 36.7 Å². The smallest absolute Gasteiger partial charge is 0.261 e. The van der Waals surface area contributed by atoms with Crippen molar-refractivity contribution in [3.8, 4) is 5.75 Å². The molecular formula is C25H33N3O3S. The molecule has 2 rings (SSSR count). The Bertz CT molecular complexity index is 915. The lowest BCUT2D eigenvalue weighted by Crippen LogP contribution is -2.34. The standard InChI is InChI=1S/C25H33N3O3S/c1-4-5-6-14-23(29)26-19-10-9-11-20(17-19)27-25(32)28-24(30)21-12-7-8-13-22(21)31-16-15-18(2)3/h7-13,17-18H,4-6,14-16H2,1-3H3,(H,26,29)(H2,27,28,30,32). The Morgan fingerprint density at radius 2 is 1.72 bits per heavy atom. The van der Waals surface area contributed by atoms with Crippen LogP contribution in [-0.4, -0.2) is 23.5 Å². The SMILES string of the molecule is CCCCCC(=O)Nc1cccc(NC(=S)NC(=O)c2ccccc2OCCC(C)C)c1. The first-order valence-electron chi connectivity index (χ1n) is 11.1. The van der Waals surface area contributed by atoms with Crippen LogP contribution in [0.3, 0.4) is 0 Å². The maximum Gasteiger partial charge on any atom is 0.261 e. The van der Waals surface area contributed by atoms with Gasteiger partial charge in [-0.2, -0.15) is 0 Å². The molecule has 0 radical (unpaired) electrons. The number of carbonyl (C=O) groups is 2. The fourth-order valence-corrected chi connectivity index (χ4v) is 3.16. The van der Waals surface area contributed by atoms with Gasteiger partial charge in [-0.25, -0.2) is 0 Å². The zero-order valence-corrected chi connectivity index (χ0v) is 19.9. The van der Waals surface area contributed by atoms with Gasteiger partial charge in [0, 0.05) is 17.8 Å². The van der Waals surface area contributed by atoms with Crippen molar-refractivity contribution in [1.29, 1.82) is 0 Å². The Hall–Kier alpha value is -2.93. The number of unbranched alkanes of at least 4 members (excludes halogenated alkanes) is 2. The van der Waals surface area contributed by atoms with Crippen molar-refractivity contribution in [3.05, 3.63) is 54.1 Å². The van der Waals surface area contributed by atoms with Crippen LogP contribution in [0, 0.1) is 5.92 Å². The molecule has 172 valence electrons. The molecule has 7 heteroatoms. The number of amides is 2. The highest BCUT2D eigenvalue weighted by Gasteiger charge is 2.14. The number of anilines is 2. The Kier molecular flexibility index (Phi) is 10.7. The molecule has 0 atom stereocenters. The zero-order valence-electron chi connectivity index (χ0n) is 19.1. The number of carbonyl (C=O) groups excluding carboxylic acids is 2.